The first-order valence-corrected chi connectivity index (χ1v) is 9.43. The maximum atomic E-state index is 11.8. The first-order chi connectivity index (χ1) is 11.0. The van der Waals surface area contributed by atoms with Crippen LogP contribution in [0.15, 0.2) is 11.6 Å². The minimum Gasteiger partial charge on any atom is -0.394 e. The predicted octanol–water partition coefficient (Wildman–Crippen LogP) is 2.39. The van der Waals surface area contributed by atoms with Crippen molar-refractivity contribution in [2.24, 2.45) is 22.2 Å². The van der Waals surface area contributed by atoms with Gasteiger partial charge in [-0.25, -0.2) is 0 Å². The van der Waals surface area contributed by atoms with Crippen molar-refractivity contribution in [3.05, 3.63) is 11.6 Å². The Bertz CT molecular complexity index is 542. The van der Waals surface area contributed by atoms with Crippen molar-refractivity contribution in [2.45, 2.75) is 84.0 Å². The van der Waals surface area contributed by atoms with Gasteiger partial charge in [0.05, 0.1) is 24.4 Å². The summed E-state index contributed by atoms with van der Waals surface area (Å²) in [7, 11) is 0. The molecule has 0 aromatic rings. The van der Waals surface area contributed by atoms with Crippen molar-refractivity contribution >= 4 is 0 Å². The highest BCUT2D eigenvalue weighted by atomic mass is 16.3. The van der Waals surface area contributed by atoms with Gasteiger partial charge >= 0.3 is 0 Å². The largest absolute Gasteiger partial charge is 0.394 e. The van der Waals surface area contributed by atoms with Gasteiger partial charge in [-0.2, -0.15) is 0 Å². The van der Waals surface area contributed by atoms with Crippen molar-refractivity contribution in [3.63, 3.8) is 0 Å². The molecular weight excluding hydrogens is 304 g/mol. The average molecular weight is 338 g/mol. The Hall–Kier alpha value is -0.420. The topological polar surface area (TPSA) is 80.9 Å². The molecule has 4 heteroatoms. The normalized spacial score (nSPS) is 48.9. The molecule has 3 aliphatic carbocycles. The fourth-order valence-electron chi connectivity index (χ4n) is 6.12. The van der Waals surface area contributed by atoms with E-state index in [0.29, 0.717) is 12.8 Å². The predicted molar refractivity (Wildman–Crippen MR) is 93.3 cm³/mol. The van der Waals surface area contributed by atoms with Crippen LogP contribution in [0.3, 0.4) is 0 Å². The summed E-state index contributed by atoms with van der Waals surface area (Å²) >= 11 is 0. The number of hydrogen-bond donors (Lipinski definition) is 4. The highest BCUT2D eigenvalue weighted by molar-refractivity contribution is 5.33. The van der Waals surface area contributed by atoms with Gasteiger partial charge in [0.25, 0.3) is 0 Å². The summed E-state index contributed by atoms with van der Waals surface area (Å²) in [5, 5.41) is 41.9. The number of hydrogen-bond acceptors (Lipinski definition) is 4. The molecule has 0 aromatic carbocycles. The van der Waals surface area contributed by atoms with E-state index in [1.54, 1.807) is 0 Å². The zero-order valence-corrected chi connectivity index (χ0v) is 15.5. The number of aliphatic hydroxyl groups is 4. The molecule has 0 aliphatic heterocycles. The standard InChI is InChI=1S/C20H34O4/c1-17(2)14-6-5-13-11-18(3,16(23)12-21)9-10-20(13,24)19(14,4)8-7-15(17)22/h11,14-16,21-24H,5-10,12H2,1-4H3. The third-order valence-corrected chi connectivity index (χ3v) is 8.11. The molecule has 0 radical (unpaired) electrons. The van der Waals surface area contributed by atoms with Gasteiger partial charge in [-0.1, -0.05) is 33.8 Å². The Morgan fingerprint density at radius 3 is 2.42 bits per heavy atom. The summed E-state index contributed by atoms with van der Waals surface area (Å²) in [5.41, 5.74) is -0.731. The number of rotatable bonds is 2. The highest BCUT2D eigenvalue weighted by Gasteiger charge is 2.63. The maximum absolute atomic E-state index is 11.8. The van der Waals surface area contributed by atoms with Crippen LogP contribution in [0.2, 0.25) is 0 Å². The summed E-state index contributed by atoms with van der Waals surface area (Å²) in [6.07, 6.45) is 5.56. The Morgan fingerprint density at radius 2 is 1.79 bits per heavy atom. The van der Waals surface area contributed by atoms with Crippen molar-refractivity contribution in [1.29, 1.82) is 0 Å². The molecule has 138 valence electrons. The van der Waals surface area contributed by atoms with Crippen LogP contribution >= 0.6 is 0 Å². The molecule has 0 saturated heterocycles. The van der Waals surface area contributed by atoms with Gasteiger partial charge in [-0.05, 0) is 55.4 Å². The van der Waals surface area contributed by atoms with Gasteiger partial charge in [0, 0.05) is 10.8 Å². The maximum Gasteiger partial charge on any atom is 0.0913 e. The summed E-state index contributed by atoms with van der Waals surface area (Å²) in [4.78, 5) is 0. The summed E-state index contributed by atoms with van der Waals surface area (Å²) in [6.45, 7) is 8.20. The van der Waals surface area contributed by atoms with E-state index in [1.165, 1.54) is 0 Å². The van der Waals surface area contributed by atoms with E-state index >= 15 is 0 Å². The lowest BCUT2D eigenvalue weighted by molar-refractivity contribution is -0.195. The molecule has 0 bridgehead atoms. The zero-order chi connectivity index (χ0) is 18.0. The Labute approximate surface area is 145 Å². The van der Waals surface area contributed by atoms with Gasteiger partial charge in [-0.15, -0.1) is 0 Å². The monoisotopic (exact) mass is 338 g/mol. The molecule has 2 saturated carbocycles. The molecule has 6 atom stereocenters. The summed E-state index contributed by atoms with van der Waals surface area (Å²) in [5.74, 6) is 0.281. The van der Waals surface area contributed by atoms with E-state index in [0.717, 1.165) is 31.3 Å². The molecule has 0 aromatic heterocycles. The first kappa shape index (κ1) is 18.4. The molecule has 0 amide bonds. The SMILES string of the molecule is CC1(C(O)CO)C=C2CCC3C(C)(C)C(O)CCC3(C)C2(O)CC1. The third kappa shape index (κ3) is 2.26. The molecule has 24 heavy (non-hydrogen) atoms. The lowest BCUT2D eigenvalue weighted by Gasteiger charge is -2.64. The van der Waals surface area contributed by atoms with Crippen LogP contribution in [0.25, 0.3) is 0 Å². The lowest BCUT2D eigenvalue weighted by Crippen LogP contribution is -2.64. The fraction of sp³-hybridized carbons (Fsp3) is 0.900. The quantitative estimate of drug-likeness (QED) is 0.583. The van der Waals surface area contributed by atoms with Crippen LogP contribution in [-0.2, 0) is 0 Å². The van der Waals surface area contributed by atoms with E-state index in [4.69, 9.17) is 0 Å². The zero-order valence-electron chi connectivity index (χ0n) is 15.5. The number of fused-ring (bicyclic) bond motifs is 3. The summed E-state index contributed by atoms with van der Waals surface area (Å²) in [6, 6.07) is 0. The minimum absolute atomic E-state index is 0.195. The molecule has 3 aliphatic rings. The second-order valence-electron chi connectivity index (χ2n) is 9.62. The smallest absolute Gasteiger partial charge is 0.0913 e. The molecule has 6 unspecified atom stereocenters. The van der Waals surface area contributed by atoms with Crippen LogP contribution in [0.4, 0.5) is 0 Å². The second-order valence-corrected chi connectivity index (χ2v) is 9.62. The van der Waals surface area contributed by atoms with Crippen molar-refractivity contribution < 1.29 is 20.4 Å². The van der Waals surface area contributed by atoms with E-state index < -0.39 is 17.1 Å². The average Bonchev–Trinajstić information content (AvgIpc) is 2.52. The summed E-state index contributed by atoms with van der Waals surface area (Å²) < 4.78 is 0. The van der Waals surface area contributed by atoms with Crippen LogP contribution < -0.4 is 0 Å². The first-order valence-electron chi connectivity index (χ1n) is 9.43. The van der Waals surface area contributed by atoms with Crippen molar-refractivity contribution in [2.75, 3.05) is 6.61 Å². The highest BCUT2D eigenvalue weighted by Crippen LogP contribution is 2.65. The lowest BCUT2D eigenvalue weighted by atomic mass is 9.43. The van der Waals surface area contributed by atoms with E-state index in [-0.39, 0.29) is 29.5 Å². The Morgan fingerprint density at radius 1 is 1.12 bits per heavy atom. The Balaban J connectivity index is 2.02. The third-order valence-electron chi connectivity index (χ3n) is 8.11. The molecule has 0 heterocycles. The van der Waals surface area contributed by atoms with E-state index in [2.05, 4.69) is 26.8 Å². The van der Waals surface area contributed by atoms with Crippen molar-refractivity contribution in [1.82, 2.24) is 0 Å². The van der Waals surface area contributed by atoms with Crippen LogP contribution in [0.1, 0.15) is 66.2 Å². The fourth-order valence-corrected chi connectivity index (χ4v) is 6.12. The van der Waals surface area contributed by atoms with Gasteiger partial charge < -0.3 is 20.4 Å². The molecule has 4 nitrogen and oxygen atoms in total. The minimum atomic E-state index is -0.859. The van der Waals surface area contributed by atoms with Gasteiger partial charge in [0.2, 0.25) is 0 Å². The van der Waals surface area contributed by atoms with E-state index in [9.17, 15) is 20.4 Å². The van der Waals surface area contributed by atoms with Crippen LogP contribution in [0, 0.1) is 22.2 Å². The van der Waals surface area contributed by atoms with Crippen LogP contribution in [-0.4, -0.2) is 44.8 Å². The Kier molecular flexibility index (Phi) is 4.24. The molecule has 0 spiro atoms. The van der Waals surface area contributed by atoms with Crippen LogP contribution in [0.5, 0.6) is 0 Å². The molecular formula is C20H34O4. The molecule has 2 fully saturated rings. The van der Waals surface area contributed by atoms with E-state index in [1.807, 2.05) is 6.92 Å². The van der Waals surface area contributed by atoms with Gasteiger partial charge in [-0.3, -0.25) is 0 Å². The molecule has 3 rings (SSSR count). The van der Waals surface area contributed by atoms with Gasteiger partial charge in [0.1, 0.15) is 0 Å². The number of aliphatic hydroxyl groups excluding tert-OH is 3. The second kappa shape index (κ2) is 5.54. The molecule has 4 N–H and O–H groups in total. The van der Waals surface area contributed by atoms with Gasteiger partial charge in [0.15, 0.2) is 0 Å². The van der Waals surface area contributed by atoms with Crippen molar-refractivity contribution in [3.8, 4) is 0 Å².